The van der Waals surface area contributed by atoms with E-state index in [1.165, 1.54) is 0 Å². The van der Waals surface area contributed by atoms with Gasteiger partial charge in [0.15, 0.2) is 6.61 Å². The fourth-order valence-corrected chi connectivity index (χ4v) is 3.89. The largest absolute Gasteiger partial charge is 0.454 e. The Morgan fingerprint density at radius 1 is 0.968 bits per heavy atom. The van der Waals surface area contributed by atoms with Crippen LogP contribution in [-0.2, 0) is 32.0 Å². The SMILES string of the molecule is CC1(C)NC(=O)N(CC(=O)OCC(=O)N2c3ccccc3CCc3ccccc32)C1=O. The van der Waals surface area contributed by atoms with Crippen molar-refractivity contribution in [1.82, 2.24) is 10.2 Å². The van der Waals surface area contributed by atoms with Gasteiger partial charge in [0.25, 0.3) is 11.8 Å². The third-order valence-corrected chi connectivity index (χ3v) is 5.47. The molecule has 1 N–H and O–H groups in total. The molecule has 2 heterocycles. The Kier molecular flexibility index (Phi) is 5.22. The van der Waals surface area contributed by atoms with Gasteiger partial charge in [-0.15, -0.1) is 0 Å². The smallest absolute Gasteiger partial charge is 0.326 e. The lowest BCUT2D eigenvalue weighted by Crippen LogP contribution is -2.41. The van der Waals surface area contributed by atoms with Crippen molar-refractivity contribution in [1.29, 1.82) is 0 Å². The molecule has 0 bridgehead atoms. The highest BCUT2D eigenvalue weighted by molar-refractivity contribution is 6.08. The summed E-state index contributed by atoms with van der Waals surface area (Å²) in [5.74, 6) is -1.75. The summed E-state index contributed by atoms with van der Waals surface area (Å²) < 4.78 is 5.15. The minimum absolute atomic E-state index is 0.410. The van der Waals surface area contributed by atoms with E-state index in [1.807, 2.05) is 48.5 Å². The van der Waals surface area contributed by atoms with Gasteiger partial charge in [0.05, 0.1) is 11.4 Å². The Hall–Kier alpha value is -3.68. The molecule has 2 aromatic carbocycles. The van der Waals surface area contributed by atoms with Crippen molar-refractivity contribution in [3.63, 3.8) is 0 Å². The number of aryl methyl sites for hydroxylation is 2. The number of nitrogens with one attached hydrogen (secondary N) is 1. The number of fused-ring (bicyclic) bond motifs is 2. The number of imide groups is 1. The Labute approximate surface area is 179 Å². The first-order valence-electron chi connectivity index (χ1n) is 10.1. The lowest BCUT2D eigenvalue weighted by atomic mass is 10.0. The molecule has 2 aliphatic heterocycles. The molecule has 8 heteroatoms. The van der Waals surface area contributed by atoms with Crippen molar-refractivity contribution in [3.8, 4) is 0 Å². The molecule has 4 rings (SSSR count). The first-order chi connectivity index (χ1) is 14.8. The van der Waals surface area contributed by atoms with Gasteiger partial charge in [0.1, 0.15) is 12.1 Å². The van der Waals surface area contributed by atoms with Crippen molar-refractivity contribution in [2.24, 2.45) is 0 Å². The van der Waals surface area contributed by atoms with E-state index < -0.39 is 42.5 Å². The number of esters is 1. The zero-order chi connectivity index (χ0) is 22.2. The average Bonchev–Trinajstić information content (AvgIpc) is 2.88. The lowest BCUT2D eigenvalue weighted by Gasteiger charge is -2.25. The minimum Gasteiger partial charge on any atom is -0.454 e. The number of hydrogen-bond acceptors (Lipinski definition) is 5. The summed E-state index contributed by atoms with van der Waals surface area (Å²) in [5, 5.41) is 2.50. The molecule has 1 fully saturated rings. The molecule has 160 valence electrons. The van der Waals surface area contributed by atoms with Gasteiger partial charge in [-0.05, 0) is 49.9 Å². The fourth-order valence-electron chi connectivity index (χ4n) is 3.89. The molecule has 0 spiro atoms. The molecule has 1 saturated heterocycles. The molecular formula is C23H23N3O5. The van der Waals surface area contributed by atoms with E-state index in [2.05, 4.69) is 5.32 Å². The molecule has 4 amide bonds. The maximum absolute atomic E-state index is 13.1. The Morgan fingerprint density at radius 2 is 1.52 bits per heavy atom. The van der Waals surface area contributed by atoms with Gasteiger partial charge in [-0.3, -0.25) is 24.2 Å². The first kappa shape index (κ1) is 20.6. The number of carbonyl (C=O) groups is 4. The quantitative estimate of drug-likeness (QED) is 0.604. The van der Waals surface area contributed by atoms with Crippen LogP contribution in [0.5, 0.6) is 0 Å². The number of rotatable bonds is 4. The van der Waals surface area contributed by atoms with Crippen LogP contribution in [0.25, 0.3) is 0 Å². The van der Waals surface area contributed by atoms with E-state index in [0.29, 0.717) is 0 Å². The highest BCUT2D eigenvalue weighted by Crippen LogP contribution is 2.36. The number of ether oxygens (including phenoxy) is 1. The van der Waals surface area contributed by atoms with Crippen LogP contribution in [0.1, 0.15) is 25.0 Å². The van der Waals surface area contributed by atoms with Gasteiger partial charge in [-0.1, -0.05) is 36.4 Å². The molecule has 0 unspecified atom stereocenters. The molecule has 2 aliphatic rings. The summed E-state index contributed by atoms with van der Waals surface area (Å²) >= 11 is 0. The van der Waals surface area contributed by atoms with E-state index in [0.717, 1.165) is 40.2 Å². The highest BCUT2D eigenvalue weighted by Gasteiger charge is 2.45. The minimum atomic E-state index is -1.08. The number of nitrogens with zero attached hydrogens (tertiary/aromatic N) is 2. The van der Waals surface area contributed by atoms with E-state index in [9.17, 15) is 19.2 Å². The normalized spacial score (nSPS) is 16.8. The van der Waals surface area contributed by atoms with Gasteiger partial charge in [-0.2, -0.15) is 0 Å². The van der Waals surface area contributed by atoms with Crippen LogP contribution in [-0.4, -0.2) is 47.4 Å². The maximum atomic E-state index is 13.1. The molecule has 31 heavy (non-hydrogen) atoms. The van der Waals surface area contributed by atoms with Crippen LogP contribution in [0.15, 0.2) is 48.5 Å². The molecule has 0 aromatic heterocycles. The summed E-state index contributed by atoms with van der Waals surface area (Å²) in [7, 11) is 0. The second-order valence-electron chi connectivity index (χ2n) is 8.09. The fraction of sp³-hybridized carbons (Fsp3) is 0.304. The van der Waals surface area contributed by atoms with Crippen LogP contribution >= 0.6 is 0 Å². The van der Waals surface area contributed by atoms with E-state index in [1.54, 1.807) is 18.7 Å². The van der Waals surface area contributed by atoms with Crippen LogP contribution in [0.4, 0.5) is 16.2 Å². The van der Waals surface area contributed by atoms with Crippen LogP contribution in [0.3, 0.4) is 0 Å². The molecule has 0 saturated carbocycles. The van der Waals surface area contributed by atoms with E-state index >= 15 is 0 Å². The van der Waals surface area contributed by atoms with Crippen LogP contribution in [0, 0.1) is 0 Å². The highest BCUT2D eigenvalue weighted by atomic mass is 16.5. The maximum Gasteiger partial charge on any atom is 0.326 e. The Morgan fingerprint density at radius 3 is 2.03 bits per heavy atom. The van der Waals surface area contributed by atoms with Crippen LogP contribution in [0.2, 0.25) is 0 Å². The molecular weight excluding hydrogens is 398 g/mol. The number of carbonyl (C=O) groups excluding carboxylic acids is 4. The van der Waals surface area contributed by atoms with Gasteiger partial charge < -0.3 is 10.1 Å². The molecule has 8 nitrogen and oxygen atoms in total. The zero-order valence-corrected chi connectivity index (χ0v) is 17.4. The van der Waals surface area contributed by atoms with Crippen molar-refractivity contribution in [2.45, 2.75) is 32.2 Å². The van der Waals surface area contributed by atoms with Gasteiger partial charge in [-0.25, -0.2) is 4.79 Å². The number of hydrogen-bond donors (Lipinski definition) is 1. The molecule has 0 atom stereocenters. The van der Waals surface area contributed by atoms with Gasteiger partial charge >= 0.3 is 12.0 Å². The second kappa shape index (κ2) is 7.86. The summed E-state index contributed by atoms with van der Waals surface area (Å²) in [6, 6.07) is 14.6. The molecule has 0 aliphatic carbocycles. The molecule has 0 radical (unpaired) electrons. The first-order valence-corrected chi connectivity index (χ1v) is 10.1. The van der Waals surface area contributed by atoms with Crippen molar-refractivity contribution in [3.05, 3.63) is 59.7 Å². The predicted molar refractivity (Wildman–Crippen MR) is 113 cm³/mol. The van der Waals surface area contributed by atoms with Gasteiger partial charge in [0, 0.05) is 0 Å². The van der Waals surface area contributed by atoms with Gasteiger partial charge in [0.2, 0.25) is 0 Å². The van der Waals surface area contributed by atoms with Crippen LogP contribution < -0.4 is 10.2 Å². The number of para-hydroxylation sites is 2. The Bertz CT molecular complexity index is 1030. The third-order valence-electron chi connectivity index (χ3n) is 5.47. The predicted octanol–water partition coefficient (Wildman–Crippen LogP) is 2.32. The standard InChI is InChI=1S/C23H23N3O5/c1-23(2)21(29)25(22(30)24-23)13-20(28)31-14-19(27)26-17-9-5-3-7-15(17)11-12-16-8-4-6-10-18(16)26/h3-10H,11-14H2,1-2H3,(H,24,30). The summed E-state index contributed by atoms with van der Waals surface area (Å²) in [5.41, 5.74) is 2.49. The summed E-state index contributed by atoms with van der Waals surface area (Å²) in [6.45, 7) is 2.05. The molecule has 2 aromatic rings. The monoisotopic (exact) mass is 421 g/mol. The van der Waals surface area contributed by atoms with E-state index in [4.69, 9.17) is 4.74 Å². The van der Waals surface area contributed by atoms with Crippen molar-refractivity contribution < 1.29 is 23.9 Å². The zero-order valence-electron chi connectivity index (χ0n) is 17.4. The summed E-state index contributed by atoms with van der Waals surface area (Å²) in [6.07, 6.45) is 1.58. The lowest BCUT2D eigenvalue weighted by molar-refractivity contribution is -0.150. The Balaban J connectivity index is 1.50. The number of urea groups is 1. The number of benzene rings is 2. The van der Waals surface area contributed by atoms with E-state index in [-0.39, 0.29) is 0 Å². The average molecular weight is 421 g/mol. The third kappa shape index (κ3) is 3.88. The number of anilines is 2. The van der Waals surface area contributed by atoms with Crippen molar-refractivity contribution in [2.75, 3.05) is 18.1 Å². The second-order valence-corrected chi connectivity index (χ2v) is 8.09. The van der Waals surface area contributed by atoms with Crippen molar-refractivity contribution >= 4 is 35.2 Å². The number of amides is 4. The summed E-state index contributed by atoms with van der Waals surface area (Å²) in [4.78, 5) is 52.0. The topological polar surface area (TPSA) is 96.0 Å².